The van der Waals surface area contributed by atoms with Gasteiger partial charge in [-0.05, 0) is 31.5 Å². The largest absolute Gasteiger partial charge is 0.492 e. The van der Waals surface area contributed by atoms with Crippen molar-refractivity contribution in [3.8, 4) is 5.75 Å². The topological polar surface area (TPSA) is 55.6 Å². The van der Waals surface area contributed by atoms with Crippen LogP contribution in [0.3, 0.4) is 0 Å². The molecule has 0 aliphatic heterocycles. The van der Waals surface area contributed by atoms with E-state index in [4.69, 9.17) is 10.5 Å². The predicted molar refractivity (Wildman–Crippen MR) is 72.5 cm³/mol. The van der Waals surface area contributed by atoms with Gasteiger partial charge in [0.15, 0.2) is 0 Å². The average Bonchev–Trinajstić information content (AvgIpc) is 2.40. The maximum Gasteiger partial charge on any atom is 0.222 e. The van der Waals surface area contributed by atoms with Crippen LogP contribution in [0.4, 0.5) is 0 Å². The third-order valence-electron chi connectivity index (χ3n) is 2.71. The van der Waals surface area contributed by atoms with E-state index in [1.807, 2.05) is 30.3 Å². The summed E-state index contributed by atoms with van der Waals surface area (Å²) >= 11 is 0. The summed E-state index contributed by atoms with van der Waals surface area (Å²) in [6, 6.07) is 9.61. The van der Waals surface area contributed by atoms with Crippen molar-refractivity contribution >= 4 is 5.91 Å². The summed E-state index contributed by atoms with van der Waals surface area (Å²) in [4.78, 5) is 13.4. The van der Waals surface area contributed by atoms with E-state index < -0.39 is 0 Å². The molecule has 0 spiro atoms. The molecular weight excluding hydrogens is 228 g/mol. The minimum atomic E-state index is 0.153. The molecule has 0 aliphatic carbocycles. The van der Waals surface area contributed by atoms with Crippen molar-refractivity contribution < 1.29 is 9.53 Å². The van der Waals surface area contributed by atoms with E-state index in [1.54, 1.807) is 11.9 Å². The molecule has 0 aliphatic rings. The van der Waals surface area contributed by atoms with E-state index in [1.165, 1.54) is 0 Å². The zero-order chi connectivity index (χ0) is 13.2. The van der Waals surface area contributed by atoms with Crippen molar-refractivity contribution in [3.05, 3.63) is 30.3 Å². The lowest BCUT2D eigenvalue weighted by Crippen LogP contribution is -2.30. The third-order valence-corrected chi connectivity index (χ3v) is 2.71. The molecule has 1 aromatic rings. The first kappa shape index (κ1) is 14.5. The minimum Gasteiger partial charge on any atom is -0.492 e. The summed E-state index contributed by atoms with van der Waals surface area (Å²) < 4.78 is 5.54. The summed E-state index contributed by atoms with van der Waals surface area (Å²) in [5.74, 6) is 0.988. The highest BCUT2D eigenvalue weighted by Crippen LogP contribution is 2.08. The molecule has 2 N–H and O–H groups in total. The number of ether oxygens (including phenoxy) is 1. The van der Waals surface area contributed by atoms with Gasteiger partial charge in [-0.2, -0.15) is 0 Å². The molecule has 1 rings (SSSR count). The van der Waals surface area contributed by atoms with Crippen molar-refractivity contribution in [3.63, 3.8) is 0 Å². The monoisotopic (exact) mass is 250 g/mol. The van der Waals surface area contributed by atoms with Crippen molar-refractivity contribution in [1.82, 2.24) is 4.90 Å². The highest BCUT2D eigenvalue weighted by Gasteiger charge is 2.07. The standard InChI is InChI=1S/C14H22N2O2/c1-16(14(17)9-5-6-10-15)11-12-18-13-7-3-2-4-8-13/h2-4,7-8H,5-6,9-12,15H2,1H3. The van der Waals surface area contributed by atoms with Crippen LogP contribution >= 0.6 is 0 Å². The fraction of sp³-hybridized carbons (Fsp3) is 0.500. The molecule has 1 amide bonds. The maximum absolute atomic E-state index is 11.7. The second kappa shape index (κ2) is 8.53. The molecule has 0 unspecified atom stereocenters. The fourth-order valence-electron chi connectivity index (χ4n) is 1.55. The molecule has 0 atom stereocenters. The van der Waals surface area contributed by atoms with Crippen molar-refractivity contribution in [2.75, 3.05) is 26.7 Å². The van der Waals surface area contributed by atoms with Crippen LogP contribution in [-0.4, -0.2) is 37.6 Å². The van der Waals surface area contributed by atoms with E-state index in [9.17, 15) is 4.79 Å². The van der Waals surface area contributed by atoms with Crippen molar-refractivity contribution in [2.24, 2.45) is 5.73 Å². The number of nitrogens with zero attached hydrogens (tertiary/aromatic N) is 1. The lowest BCUT2D eigenvalue weighted by atomic mass is 10.2. The van der Waals surface area contributed by atoms with Crippen LogP contribution < -0.4 is 10.5 Å². The molecule has 0 saturated heterocycles. The average molecular weight is 250 g/mol. The van der Waals surface area contributed by atoms with Crippen LogP contribution in [0.1, 0.15) is 19.3 Å². The number of benzene rings is 1. The number of carbonyl (C=O) groups is 1. The Kier molecular flexibility index (Phi) is 6.87. The SMILES string of the molecule is CN(CCOc1ccccc1)C(=O)CCCCN. The van der Waals surface area contributed by atoms with Gasteiger partial charge in [-0.3, -0.25) is 4.79 Å². The first-order valence-electron chi connectivity index (χ1n) is 6.36. The van der Waals surface area contributed by atoms with E-state index in [2.05, 4.69) is 0 Å². The smallest absolute Gasteiger partial charge is 0.222 e. The van der Waals surface area contributed by atoms with E-state index >= 15 is 0 Å². The van der Waals surface area contributed by atoms with Crippen molar-refractivity contribution in [1.29, 1.82) is 0 Å². The maximum atomic E-state index is 11.7. The number of carbonyl (C=O) groups excluding carboxylic acids is 1. The molecule has 0 bridgehead atoms. The van der Waals surface area contributed by atoms with Crippen LogP contribution in [0.25, 0.3) is 0 Å². The number of likely N-dealkylation sites (N-methyl/N-ethyl adjacent to an activating group) is 1. The Balaban J connectivity index is 2.16. The Morgan fingerprint density at radius 1 is 1.28 bits per heavy atom. The zero-order valence-corrected chi connectivity index (χ0v) is 11.0. The zero-order valence-electron chi connectivity index (χ0n) is 11.0. The fourth-order valence-corrected chi connectivity index (χ4v) is 1.55. The molecule has 0 aromatic heterocycles. The van der Waals surface area contributed by atoms with E-state index in [0.29, 0.717) is 26.1 Å². The highest BCUT2D eigenvalue weighted by molar-refractivity contribution is 5.75. The van der Waals surface area contributed by atoms with Gasteiger partial charge in [0, 0.05) is 13.5 Å². The molecular formula is C14H22N2O2. The van der Waals surface area contributed by atoms with Crippen LogP contribution in [0.2, 0.25) is 0 Å². The van der Waals surface area contributed by atoms with Gasteiger partial charge < -0.3 is 15.4 Å². The van der Waals surface area contributed by atoms with Gasteiger partial charge in [0.2, 0.25) is 5.91 Å². The van der Waals surface area contributed by atoms with Gasteiger partial charge in [0.1, 0.15) is 12.4 Å². The van der Waals surface area contributed by atoms with Crippen LogP contribution in [0.5, 0.6) is 5.75 Å². The minimum absolute atomic E-state index is 0.153. The molecule has 0 fully saturated rings. The van der Waals surface area contributed by atoms with Gasteiger partial charge in [-0.15, -0.1) is 0 Å². The number of para-hydroxylation sites is 1. The summed E-state index contributed by atoms with van der Waals surface area (Å²) in [6.45, 7) is 1.77. The van der Waals surface area contributed by atoms with E-state index in [0.717, 1.165) is 18.6 Å². The first-order chi connectivity index (χ1) is 8.74. The quantitative estimate of drug-likeness (QED) is 0.714. The van der Waals surface area contributed by atoms with Gasteiger partial charge in [0.05, 0.1) is 6.54 Å². The second-order valence-corrected chi connectivity index (χ2v) is 4.22. The van der Waals surface area contributed by atoms with Crippen LogP contribution in [0, 0.1) is 0 Å². The van der Waals surface area contributed by atoms with Crippen LogP contribution in [-0.2, 0) is 4.79 Å². The first-order valence-corrected chi connectivity index (χ1v) is 6.36. The number of unbranched alkanes of at least 4 members (excludes halogenated alkanes) is 1. The number of hydrogen-bond donors (Lipinski definition) is 1. The Labute approximate surface area is 109 Å². The molecule has 4 heteroatoms. The van der Waals surface area contributed by atoms with Gasteiger partial charge in [-0.1, -0.05) is 18.2 Å². The molecule has 0 radical (unpaired) electrons. The number of nitrogens with two attached hydrogens (primary N) is 1. The highest BCUT2D eigenvalue weighted by atomic mass is 16.5. The Morgan fingerprint density at radius 2 is 2.00 bits per heavy atom. The summed E-state index contributed by atoms with van der Waals surface area (Å²) in [5.41, 5.74) is 5.39. The number of amides is 1. The molecule has 0 heterocycles. The van der Waals surface area contributed by atoms with E-state index in [-0.39, 0.29) is 5.91 Å². The lowest BCUT2D eigenvalue weighted by Gasteiger charge is -2.17. The predicted octanol–water partition coefficient (Wildman–Crippen LogP) is 1.65. The molecule has 100 valence electrons. The van der Waals surface area contributed by atoms with Gasteiger partial charge in [-0.25, -0.2) is 0 Å². The second-order valence-electron chi connectivity index (χ2n) is 4.22. The summed E-state index contributed by atoms with van der Waals surface area (Å²) in [6.07, 6.45) is 2.33. The van der Waals surface area contributed by atoms with Crippen molar-refractivity contribution in [2.45, 2.75) is 19.3 Å². The van der Waals surface area contributed by atoms with Gasteiger partial charge >= 0.3 is 0 Å². The third kappa shape index (κ3) is 5.68. The number of rotatable bonds is 8. The number of hydrogen-bond acceptors (Lipinski definition) is 3. The normalized spacial score (nSPS) is 10.1. The Hall–Kier alpha value is -1.55. The lowest BCUT2D eigenvalue weighted by molar-refractivity contribution is -0.130. The Bertz CT molecular complexity index is 341. The van der Waals surface area contributed by atoms with Gasteiger partial charge in [0.25, 0.3) is 0 Å². The Morgan fingerprint density at radius 3 is 2.67 bits per heavy atom. The molecule has 18 heavy (non-hydrogen) atoms. The summed E-state index contributed by atoms with van der Waals surface area (Å²) in [5, 5.41) is 0. The van der Waals surface area contributed by atoms with Crippen LogP contribution in [0.15, 0.2) is 30.3 Å². The molecule has 0 saturated carbocycles. The molecule has 1 aromatic carbocycles. The molecule has 4 nitrogen and oxygen atoms in total. The summed E-state index contributed by atoms with van der Waals surface area (Å²) in [7, 11) is 1.80.